The molecule has 0 aliphatic rings. The van der Waals surface area contributed by atoms with Gasteiger partial charge in [0.15, 0.2) is 0 Å². The normalized spacial score (nSPS) is 10.5. The summed E-state index contributed by atoms with van der Waals surface area (Å²) in [7, 11) is 0. The molecule has 0 radical (unpaired) electrons. The summed E-state index contributed by atoms with van der Waals surface area (Å²) in [5.74, 6) is 0.553. The van der Waals surface area contributed by atoms with Gasteiger partial charge < -0.3 is 10.1 Å². The van der Waals surface area contributed by atoms with Gasteiger partial charge in [-0.05, 0) is 43.3 Å². The smallest absolute Gasteiger partial charge is 0.263 e. The van der Waals surface area contributed by atoms with Crippen molar-refractivity contribution in [2.24, 2.45) is 0 Å². The fourth-order valence-corrected chi connectivity index (χ4v) is 3.17. The first-order valence-electron chi connectivity index (χ1n) is 7.64. The van der Waals surface area contributed by atoms with Gasteiger partial charge in [-0.25, -0.2) is 4.98 Å². The van der Waals surface area contributed by atoms with Gasteiger partial charge in [0.25, 0.3) is 5.91 Å². The van der Waals surface area contributed by atoms with E-state index >= 15 is 0 Å². The maximum Gasteiger partial charge on any atom is 0.263 e. The Morgan fingerprint density at radius 1 is 1.24 bits per heavy atom. The van der Waals surface area contributed by atoms with E-state index in [9.17, 15) is 4.79 Å². The van der Waals surface area contributed by atoms with Crippen molar-refractivity contribution in [3.05, 3.63) is 75.0 Å². The molecule has 0 aliphatic heterocycles. The molecule has 2 heterocycles. The molecule has 0 fully saturated rings. The summed E-state index contributed by atoms with van der Waals surface area (Å²) in [6, 6.07) is 12.7. The van der Waals surface area contributed by atoms with Gasteiger partial charge in [0.05, 0.1) is 17.9 Å². The number of carbonyl (C=O) groups excluding carboxylic acids is 1. The quantitative estimate of drug-likeness (QED) is 0.709. The molecule has 0 unspecified atom stereocenters. The lowest BCUT2D eigenvalue weighted by Gasteiger charge is -2.03. The number of aryl methyl sites for hydroxylation is 1. The minimum atomic E-state index is -0.154. The number of hydrogen-bond donors (Lipinski definition) is 1. The lowest BCUT2D eigenvalue weighted by Crippen LogP contribution is -2.23. The van der Waals surface area contributed by atoms with E-state index in [1.54, 1.807) is 30.5 Å². The number of halogens is 1. The number of thiazole rings is 1. The zero-order chi connectivity index (χ0) is 17.6. The molecule has 2 aromatic heterocycles. The lowest BCUT2D eigenvalue weighted by atomic mass is 10.3. The first kappa shape index (κ1) is 17.4. The molecule has 128 valence electrons. The first-order chi connectivity index (χ1) is 12.1. The summed E-state index contributed by atoms with van der Waals surface area (Å²) in [4.78, 5) is 21.5. The number of ether oxygens (including phenoxy) is 1. The molecule has 3 rings (SSSR count). The number of amides is 1. The molecule has 1 N–H and O–H groups in total. The predicted molar refractivity (Wildman–Crippen MR) is 98.0 cm³/mol. The van der Waals surface area contributed by atoms with Gasteiger partial charge in [-0.15, -0.1) is 11.3 Å². The third-order valence-corrected chi connectivity index (χ3v) is 4.76. The van der Waals surface area contributed by atoms with Crippen molar-refractivity contribution in [2.45, 2.75) is 20.1 Å². The number of aromatic nitrogens is 2. The van der Waals surface area contributed by atoms with Crippen molar-refractivity contribution in [3.8, 4) is 5.75 Å². The highest BCUT2D eigenvalue weighted by molar-refractivity contribution is 7.13. The summed E-state index contributed by atoms with van der Waals surface area (Å²) < 4.78 is 5.67. The number of rotatable bonds is 6. The van der Waals surface area contributed by atoms with E-state index in [0.29, 0.717) is 34.5 Å². The Morgan fingerprint density at radius 2 is 2.04 bits per heavy atom. The maximum absolute atomic E-state index is 12.3. The average molecular weight is 374 g/mol. The second kappa shape index (κ2) is 8.09. The summed E-state index contributed by atoms with van der Waals surface area (Å²) in [5.41, 5.74) is 1.50. The topological polar surface area (TPSA) is 64.1 Å². The molecule has 5 nitrogen and oxygen atoms in total. The van der Waals surface area contributed by atoms with Gasteiger partial charge in [0, 0.05) is 11.2 Å². The Hall–Kier alpha value is -2.44. The SMILES string of the molecule is Cc1nc(COc2ccc(Cl)cc2)sc1C(=O)NCc1ccccn1. The van der Waals surface area contributed by atoms with E-state index in [1.165, 1.54) is 11.3 Å². The zero-order valence-electron chi connectivity index (χ0n) is 13.5. The van der Waals surface area contributed by atoms with Crippen molar-refractivity contribution in [2.75, 3.05) is 0 Å². The van der Waals surface area contributed by atoms with Crippen LogP contribution in [0, 0.1) is 6.92 Å². The van der Waals surface area contributed by atoms with Crippen LogP contribution in [0.5, 0.6) is 5.75 Å². The summed E-state index contributed by atoms with van der Waals surface area (Å²) in [5, 5.41) is 4.27. The Kier molecular flexibility index (Phi) is 5.63. The predicted octanol–water partition coefficient (Wildman–Crippen LogP) is 4.01. The van der Waals surface area contributed by atoms with Crippen LogP contribution >= 0.6 is 22.9 Å². The van der Waals surface area contributed by atoms with Crippen LogP contribution in [0.4, 0.5) is 0 Å². The highest BCUT2D eigenvalue weighted by Crippen LogP contribution is 2.21. The van der Waals surface area contributed by atoms with E-state index in [0.717, 1.165) is 10.7 Å². The third kappa shape index (κ3) is 4.78. The van der Waals surface area contributed by atoms with E-state index in [1.807, 2.05) is 25.1 Å². The molecule has 0 aliphatic carbocycles. The van der Waals surface area contributed by atoms with Crippen molar-refractivity contribution < 1.29 is 9.53 Å². The van der Waals surface area contributed by atoms with Crippen LogP contribution in [-0.2, 0) is 13.2 Å². The molecule has 0 saturated carbocycles. The van der Waals surface area contributed by atoms with Crippen LogP contribution in [0.3, 0.4) is 0 Å². The van der Waals surface area contributed by atoms with Crippen molar-refractivity contribution in [1.82, 2.24) is 15.3 Å². The lowest BCUT2D eigenvalue weighted by molar-refractivity contribution is 0.0953. The molecular weight excluding hydrogens is 358 g/mol. The van der Waals surface area contributed by atoms with Crippen molar-refractivity contribution in [3.63, 3.8) is 0 Å². The van der Waals surface area contributed by atoms with E-state index in [-0.39, 0.29) is 5.91 Å². The Labute approximate surface area is 154 Å². The molecule has 0 atom stereocenters. The standard InChI is InChI=1S/C18H16ClN3O2S/c1-12-17(18(23)21-10-14-4-2-3-9-20-14)25-16(22-12)11-24-15-7-5-13(19)6-8-15/h2-9H,10-11H2,1H3,(H,21,23). The molecule has 7 heteroatoms. The minimum Gasteiger partial charge on any atom is -0.486 e. The second-order valence-corrected chi connectivity index (χ2v) is 6.79. The number of pyridine rings is 1. The Morgan fingerprint density at radius 3 is 2.76 bits per heavy atom. The monoisotopic (exact) mass is 373 g/mol. The molecule has 1 amide bonds. The maximum atomic E-state index is 12.3. The molecule has 25 heavy (non-hydrogen) atoms. The van der Waals surface area contributed by atoms with Crippen molar-refractivity contribution in [1.29, 1.82) is 0 Å². The van der Waals surface area contributed by atoms with Gasteiger partial charge in [-0.1, -0.05) is 17.7 Å². The number of hydrogen-bond acceptors (Lipinski definition) is 5. The van der Waals surface area contributed by atoms with Gasteiger partial charge >= 0.3 is 0 Å². The second-order valence-electron chi connectivity index (χ2n) is 5.27. The molecule has 3 aromatic rings. The summed E-state index contributed by atoms with van der Waals surface area (Å²) in [6.45, 7) is 2.51. The molecule has 0 saturated heterocycles. The Bertz CT molecular complexity index is 851. The number of nitrogens with one attached hydrogen (secondary N) is 1. The molecule has 1 aromatic carbocycles. The van der Waals surface area contributed by atoms with Crippen LogP contribution in [0.2, 0.25) is 5.02 Å². The summed E-state index contributed by atoms with van der Waals surface area (Å²) in [6.07, 6.45) is 1.70. The molecular formula is C18H16ClN3O2S. The zero-order valence-corrected chi connectivity index (χ0v) is 15.1. The van der Waals surface area contributed by atoms with Gasteiger partial charge in [-0.2, -0.15) is 0 Å². The van der Waals surface area contributed by atoms with E-state index in [2.05, 4.69) is 15.3 Å². The van der Waals surface area contributed by atoms with E-state index < -0.39 is 0 Å². The first-order valence-corrected chi connectivity index (χ1v) is 8.84. The van der Waals surface area contributed by atoms with Crippen LogP contribution < -0.4 is 10.1 Å². The number of benzene rings is 1. The van der Waals surface area contributed by atoms with Crippen LogP contribution in [0.1, 0.15) is 26.1 Å². The highest BCUT2D eigenvalue weighted by atomic mass is 35.5. The highest BCUT2D eigenvalue weighted by Gasteiger charge is 2.15. The summed E-state index contributed by atoms with van der Waals surface area (Å²) >= 11 is 7.18. The fraction of sp³-hybridized carbons (Fsp3) is 0.167. The van der Waals surface area contributed by atoms with Gasteiger partial charge in [0.2, 0.25) is 0 Å². The molecule has 0 spiro atoms. The third-order valence-electron chi connectivity index (χ3n) is 3.38. The molecule has 0 bridgehead atoms. The minimum absolute atomic E-state index is 0.154. The van der Waals surface area contributed by atoms with Crippen molar-refractivity contribution >= 4 is 28.8 Å². The van der Waals surface area contributed by atoms with Crippen LogP contribution in [0.25, 0.3) is 0 Å². The van der Waals surface area contributed by atoms with Gasteiger partial charge in [-0.3, -0.25) is 9.78 Å². The van der Waals surface area contributed by atoms with Gasteiger partial charge in [0.1, 0.15) is 22.2 Å². The van der Waals surface area contributed by atoms with Crippen LogP contribution in [0.15, 0.2) is 48.7 Å². The van der Waals surface area contributed by atoms with Crippen LogP contribution in [-0.4, -0.2) is 15.9 Å². The fourth-order valence-electron chi connectivity index (χ4n) is 2.15. The average Bonchev–Trinajstić information content (AvgIpc) is 3.01. The Balaban J connectivity index is 1.59. The van der Waals surface area contributed by atoms with E-state index in [4.69, 9.17) is 16.3 Å². The number of carbonyl (C=O) groups is 1. The number of nitrogens with zero attached hydrogens (tertiary/aromatic N) is 2. The largest absolute Gasteiger partial charge is 0.486 e.